The van der Waals surface area contributed by atoms with E-state index in [1.54, 1.807) is 4.68 Å². The predicted molar refractivity (Wildman–Crippen MR) is 72.7 cm³/mol. The molecule has 0 unspecified atom stereocenters. The summed E-state index contributed by atoms with van der Waals surface area (Å²) in [6, 6.07) is 4.09. The van der Waals surface area contributed by atoms with Crippen molar-refractivity contribution < 1.29 is 0 Å². The van der Waals surface area contributed by atoms with Crippen molar-refractivity contribution in [3.05, 3.63) is 41.9 Å². The Morgan fingerprint density at radius 1 is 1.33 bits per heavy atom. The van der Waals surface area contributed by atoms with E-state index < -0.39 is 0 Å². The maximum atomic E-state index is 4.34. The summed E-state index contributed by atoms with van der Waals surface area (Å²) in [5.74, 6) is 0.858. The number of nitrogens with zero attached hydrogens (tertiary/aromatic N) is 3. The molecule has 0 aliphatic carbocycles. The Labute approximate surface area is 108 Å². The van der Waals surface area contributed by atoms with Crippen molar-refractivity contribution in [2.45, 2.75) is 39.8 Å². The molecule has 4 heteroatoms. The van der Waals surface area contributed by atoms with Crippen molar-refractivity contribution in [1.82, 2.24) is 20.1 Å². The predicted octanol–water partition coefficient (Wildman–Crippen LogP) is 2.46. The molecule has 2 rings (SSSR count). The summed E-state index contributed by atoms with van der Waals surface area (Å²) in [6.45, 7) is 9.33. The zero-order valence-corrected chi connectivity index (χ0v) is 11.4. The van der Waals surface area contributed by atoms with Crippen LogP contribution in [0.4, 0.5) is 0 Å². The standard InChI is InChI=1S/C14H20N4/c1-11-8-17-18(10-11)13-7-12(5-6-15-13)9-16-14(2,3)4/h5-8,10,16H,9H2,1-4H3. The van der Waals surface area contributed by atoms with E-state index >= 15 is 0 Å². The fraction of sp³-hybridized carbons (Fsp3) is 0.429. The minimum atomic E-state index is 0.117. The van der Waals surface area contributed by atoms with Crippen LogP contribution >= 0.6 is 0 Å². The van der Waals surface area contributed by atoms with Crippen molar-refractivity contribution in [2.75, 3.05) is 0 Å². The molecule has 0 amide bonds. The van der Waals surface area contributed by atoms with Gasteiger partial charge in [-0.2, -0.15) is 5.10 Å². The van der Waals surface area contributed by atoms with E-state index in [1.807, 2.05) is 31.6 Å². The van der Waals surface area contributed by atoms with Gasteiger partial charge in [0.25, 0.3) is 0 Å². The second-order valence-corrected chi connectivity index (χ2v) is 5.59. The zero-order valence-electron chi connectivity index (χ0n) is 11.4. The smallest absolute Gasteiger partial charge is 0.153 e. The van der Waals surface area contributed by atoms with E-state index in [0.29, 0.717) is 0 Å². The van der Waals surface area contributed by atoms with E-state index in [-0.39, 0.29) is 5.54 Å². The fourth-order valence-electron chi connectivity index (χ4n) is 1.60. The first kappa shape index (κ1) is 12.8. The maximum Gasteiger partial charge on any atom is 0.153 e. The highest BCUT2D eigenvalue weighted by Crippen LogP contribution is 2.09. The molecule has 0 spiro atoms. The number of aromatic nitrogens is 3. The van der Waals surface area contributed by atoms with Gasteiger partial charge in [0.05, 0.1) is 6.20 Å². The molecular weight excluding hydrogens is 224 g/mol. The Bertz CT molecular complexity index is 523. The topological polar surface area (TPSA) is 42.7 Å². The van der Waals surface area contributed by atoms with Crippen LogP contribution in [-0.2, 0) is 6.54 Å². The molecule has 0 aliphatic rings. The van der Waals surface area contributed by atoms with Crippen LogP contribution in [0, 0.1) is 6.92 Å². The van der Waals surface area contributed by atoms with Crippen LogP contribution in [0.3, 0.4) is 0 Å². The van der Waals surface area contributed by atoms with Gasteiger partial charge in [-0.3, -0.25) is 0 Å². The maximum absolute atomic E-state index is 4.34. The summed E-state index contributed by atoms with van der Waals surface area (Å²) in [6.07, 6.45) is 5.64. The molecule has 0 aromatic carbocycles. The van der Waals surface area contributed by atoms with Crippen molar-refractivity contribution in [3.63, 3.8) is 0 Å². The first-order valence-electron chi connectivity index (χ1n) is 6.16. The highest BCUT2D eigenvalue weighted by molar-refractivity contribution is 5.27. The van der Waals surface area contributed by atoms with Crippen molar-refractivity contribution in [2.24, 2.45) is 0 Å². The number of aryl methyl sites for hydroxylation is 1. The number of hydrogen-bond acceptors (Lipinski definition) is 3. The first-order valence-corrected chi connectivity index (χ1v) is 6.16. The van der Waals surface area contributed by atoms with Gasteiger partial charge in [0.15, 0.2) is 5.82 Å². The minimum Gasteiger partial charge on any atom is -0.308 e. The third kappa shape index (κ3) is 3.40. The molecule has 2 aromatic rings. The molecule has 96 valence electrons. The summed E-state index contributed by atoms with van der Waals surface area (Å²) in [7, 11) is 0. The lowest BCUT2D eigenvalue weighted by Crippen LogP contribution is -2.35. The minimum absolute atomic E-state index is 0.117. The Balaban J connectivity index is 2.15. The lowest BCUT2D eigenvalue weighted by Gasteiger charge is -2.20. The molecule has 0 aliphatic heterocycles. The second-order valence-electron chi connectivity index (χ2n) is 5.59. The fourth-order valence-corrected chi connectivity index (χ4v) is 1.60. The lowest BCUT2D eigenvalue weighted by atomic mass is 10.1. The largest absolute Gasteiger partial charge is 0.308 e. The van der Waals surface area contributed by atoms with Gasteiger partial charge < -0.3 is 5.32 Å². The van der Waals surface area contributed by atoms with Crippen LogP contribution in [-0.4, -0.2) is 20.3 Å². The highest BCUT2D eigenvalue weighted by Gasteiger charge is 2.09. The average molecular weight is 244 g/mol. The SMILES string of the molecule is Cc1cnn(-c2cc(CNC(C)(C)C)ccn2)c1. The summed E-state index contributed by atoms with van der Waals surface area (Å²) < 4.78 is 1.80. The molecule has 0 atom stereocenters. The number of nitrogens with one attached hydrogen (secondary N) is 1. The number of rotatable bonds is 3. The molecule has 0 saturated heterocycles. The molecule has 2 aromatic heterocycles. The van der Waals surface area contributed by atoms with E-state index in [4.69, 9.17) is 0 Å². The highest BCUT2D eigenvalue weighted by atomic mass is 15.3. The molecule has 2 heterocycles. The Hall–Kier alpha value is -1.68. The van der Waals surface area contributed by atoms with Gasteiger partial charge in [0.1, 0.15) is 0 Å². The van der Waals surface area contributed by atoms with Crippen LogP contribution in [0.1, 0.15) is 31.9 Å². The van der Waals surface area contributed by atoms with E-state index in [0.717, 1.165) is 17.9 Å². The van der Waals surface area contributed by atoms with E-state index in [1.165, 1.54) is 5.56 Å². The molecule has 0 fully saturated rings. The zero-order chi connectivity index (χ0) is 13.2. The Morgan fingerprint density at radius 2 is 2.11 bits per heavy atom. The molecule has 18 heavy (non-hydrogen) atoms. The average Bonchev–Trinajstić information content (AvgIpc) is 2.73. The number of pyridine rings is 1. The molecule has 0 saturated carbocycles. The van der Waals surface area contributed by atoms with Crippen LogP contribution in [0.2, 0.25) is 0 Å². The molecule has 4 nitrogen and oxygen atoms in total. The quantitative estimate of drug-likeness (QED) is 0.902. The summed E-state index contributed by atoms with van der Waals surface area (Å²) >= 11 is 0. The number of hydrogen-bond donors (Lipinski definition) is 1. The molecule has 0 radical (unpaired) electrons. The van der Waals surface area contributed by atoms with Gasteiger partial charge in [-0.1, -0.05) is 0 Å². The molecular formula is C14H20N4. The van der Waals surface area contributed by atoms with Crippen molar-refractivity contribution >= 4 is 0 Å². The van der Waals surface area contributed by atoms with Crippen LogP contribution in [0.15, 0.2) is 30.7 Å². The van der Waals surface area contributed by atoms with Crippen molar-refractivity contribution in [1.29, 1.82) is 0 Å². The second kappa shape index (κ2) is 4.90. The third-order valence-electron chi connectivity index (χ3n) is 2.58. The molecule has 1 N–H and O–H groups in total. The Morgan fingerprint density at radius 3 is 2.72 bits per heavy atom. The van der Waals surface area contributed by atoms with Gasteiger partial charge in [-0.15, -0.1) is 0 Å². The Kier molecular flexibility index (Phi) is 3.48. The van der Waals surface area contributed by atoms with Crippen LogP contribution < -0.4 is 5.32 Å². The van der Waals surface area contributed by atoms with Gasteiger partial charge in [0, 0.05) is 24.5 Å². The first-order chi connectivity index (χ1) is 8.44. The van der Waals surface area contributed by atoms with Crippen molar-refractivity contribution in [3.8, 4) is 5.82 Å². The lowest BCUT2D eigenvalue weighted by molar-refractivity contribution is 0.424. The van der Waals surface area contributed by atoms with E-state index in [9.17, 15) is 0 Å². The monoisotopic (exact) mass is 244 g/mol. The van der Waals surface area contributed by atoms with Crippen LogP contribution in [0.5, 0.6) is 0 Å². The van der Waals surface area contributed by atoms with E-state index in [2.05, 4.69) is 42.2 Å². The molecule has 0 bridgehead atoms. The summed E-state index contributed by atoms with van der Waals surface area (Å²) in [5, 5.41) is 7.73. The van der Waals surface area contributed by atoms with Gasteiger partial charge in [-0.05, 0) is 51.0 Å². The third-order valence-corrected chi connectivity index (χ3v) is 2.58. The van der Waals surface area contributed by atoms with Gasteiger partial charge >= 0.3 is 0 Å². The van der Waals surface area contributed by atoms with Gasteiger partial charge in [-0.25, -0.2) is 9.67 Å². The summed E-state index contributed by atoms with van der Waals surface area (Å²) in [4.78, 5) is 4.34. The van der Waals surface area contributed by atoms with Gasteiger partial charge in [0.2, 0.25) is 0 Å². The normalized spacial score (nSPS) is 11.8. The van der Waals surface area contributed by atoms with Crippen LogP contribution in [0.25, 0.3) is 5.82 Å². The summed E-state index contributed by atoms with van der Waals surface area (Å²) in [5.41, 5.74) is 2.46.